The van der Waals surface area contributed by atoms with Crippen LogP contribution >= 0.6 is 0 Å². The molecule has 0 unspecified atom stereocenters. The molecular weight excluding hydrogens is 174 g/mol. The highest BCUT2D eigenvalue weighted by atomic mass is 16.3. The van der Waals surface area contributed by atoms with Gasteiger partial charge in [0.15, 0.2) is 0 Å². The molecule has 0 spiro atoms. The van der Waals surface area contributed by atoms with E-state index in [4.69, 9.17) is 0 Å². The van der Waals surface area contributed by atoms with Crippen LogP contribution in [0.5, 0.6) is 5.75 Å². The number of phenolic OH excluding ortho intramolecular Hbond substituents is 1. The van der Waals surface area contributed by atoms with Gasteiger partial charge in [0.05, 0.1) is 5.52 Å². The van der Waals surface area contributed by atoms with E-state index in [0.717, 1.165) is 22.9 Å². The number of phenols is 1. The van der Waals surface area contributed by atoms with E-state index >= 15 is 0 Å². The summed E-state index contributed by atoms with van der Waals surface area (Å²) in [7, 11) is 0. The fourth-order valence-corrected chi connectivity index (χ4v) is 1.50. The van der Waals surface area contributed by atoms with E-state index in [0.29, 0.717) is 0 Å². The molecule has 1 N–H and O–H groups in total. The lowest BCUT2D eigenvalue weighted by Gasteiger charge is -2.03. The Bertz CT molecular complexity index is 477. The maximum atomic E-state index is 9.70. The lowest BCUT2D eigenvalue weighted by molar-refractivity contribution is 0.481. The molecule has 1 heterocycles. The largest absolute Gasteiger partial charge is 0.507 e. The Kier molecular flexibility index (Phi) is 2.19. The Morgan fingerprint density at radius 1 is 1.43 bits per heavy atom. The number of rotatable bonds is 2. The molecule has 1 aromatic carbocycles. The number of benzene rings is 1. The molecule has 0 saturated carbocycles. The Hall–Kier alpha value is -1.83. The Balaban J connectivity index is 2.65. The van der Waals surface area contributed by atoms with Crippen LogP contribution in [-0.2, 0) is 6.42 Å². The highest BCUT2D eigenvalue weighted by Gasteiger charge is 2.01. The van der Waals surface area contributed by atoms with E-state index in [9.17, 15) is 5.11 Å². The molecule has 0 aliphatic rings. The van der Waals surface area contributed by atoms with Crippen molar-refractivity contribution in [2.24, 2.45) is 0 Å². The summed E-state index contributed by atoms with van der Waals surface area (Å²) in [5, 5.41) is 10.5. The summed E-state index contributed by atoms with van der Waals surface area (Å²) in [6.45, 7) is 3.66. The van der Waals surface area contributed by atoms with Crippen LogP contribution in [0.3, 0.4) is 0 Å². The first kappa shape index (κ1) is 8.75. The van der Waals surface area contributed by atoms with E-state index in [-0.39, 0.29) is 5.75 Å². The van der Waals surface area contributed by atoms with Crippen molar-refractivity contribution in [1.29, 1.82) is 0 Å². The van der Waals surface area contributed by atoms with Gasteiger partial charge in [-0.2, -0.15) is 0 Å². The molecule has 1 aromatic heterocycles. The molecule has 0 aliphatic carbocycles. The molecule has 0 amide bonds. The number of fused-ring (bicyclic) bond motifs is 1. The van der Waals surface area contributed by atoms with Crippen LogP contribution in [0.2, 0.25) is 0 Å². The van der Waals surface area contributed by atoms with Crippen molar-refractivity contribution in [2.45, 2.75) is 6.42 Å². The quantitative estimate of drug-likeness (QED) is 0.729. The number of aromatic hydroxyl groups is 1. The zero-order chi connectivity index (χ0) is 9.97. The first-order chi connectivity index (χ1) is 6.81. The van der Waals surface area contributed by atoms with Crippen molar-refractivity contribution in [3.8, 4) is 5.75 Å². The van der Waals surface area contributed by atoms with Crippen molar-refractivity contribution >= 4 is 10.9 Å². The fraction of sp³-hybridized carbons (Fsp3) is 0.0833. The second-order valence-electron chi connectivity index (χ2n) is 3.18. The van der Waals surface area contributed by atoms with Crippen LogP contribution in [0, 0.1) is 0 Å². The van der Waals surface area contributed by atoms with Crippen LogP contribution in [0.4, 0.5) is 0 Å². The lowest BCUT2D eigenvalue weighted by Crippen LogP contribution is -1.84. The summed E-state index contributed by atoms with van der Waals surface area (Å²) in [6, 6.07) is 7.40. The first-order valence-corrected chi connectivity index (χ1v) is 4.49. The number of aromatic nitrogens is 1. The third-order valence-electron chi connectivity index (χ3n) is 2.14. The predicted octanol–water partition coefficient (Wildman–Crippen LogP) is 2.67. The maximum absolute atomic E-state index is 9.70. The molecule has 0 aliphatic heterocycles. The minimum atomic E-state index is 0.285. The smallest absolute Gasteiger partial charge is 0.125 e. The van der Waals surface area contributed by atoms with Crippen molar-refractivity contribution in [3.05, 3.63) is 48.7 Å². The van der Waals surface area contributed by atoms with Crippen LogP contribution in [0.1, 0.15) is 5.56 Å². The number of pyridine rings is 1. The number of hydrogen-bond acceptors (Lipinski definition) is 2. The average Bonchev–Trinajstić information content (AvgIpc) is 2.18. The molecule has 0 atom stereocenters. The molecular formula is C12H11NO. The minimum Gasteiger partial charge on any atom is -0.507 e. The SMILES string of the molecule is C=CCc1cc(O)c2cccnc2c1. The summed E-state index contributed by atoms with van der Waals surface area (Å²) in [6.07, 6.45) is 4.28. The van der Waals surface area contributed by atoms with Crippen LogP contribution < -0.4 is 0 Å². The molecule has 70 valence electrons. The fourth-order valence-electron chi connectivity index (χ4n) is 1.50. The Morgan fingerprint density at radius 2 is 2.29 bits per heavy atom. The van der Waals surface area contributed by atoms with Gasteiger partial charge in [0.2, 0.25) is 0 Å². The third kappa shape index (κ3) is 1.46. The van der Waals surface area contributed by atoms with Crippen LogP contribution in [-0.4, -0.2) is 10.1 Å². The zero-order valence-corrected chi connectivity index (χ0v) is 7.77. The molecule has 0 bridgehead atoms. The molecule has 2 heteroatoms. The molecule has 2 nitrogen and oxygen atoms in total. The van der Waals surface area contributed by atoms with E-state index in [2.05, 4.69) is 11.6 Å². The molecule has 2 aromatic rings. The second kappa shape index (κ2) is 3.50. The maximum Gasteiger partial charge on any atom is 0.125 e. The van der Waals surface area contributed by atoms with E-state index < -0.39 is 0 Å². The minimum absolute atomic E-state index is 0.285. The van der Waals surface area contributed by atoms with Crippen LogP contribution in [0.25, 0.3) is 10.9 Å². The van der Waals surface area contributed by atoms with Gasteiger partial charge in [-0.05, 0) is 36.2 Å². The van der Waals surface area contributed by atoms with Gasteiger partial charge in [0.1, 0.15) is 5.75 Å². The van der Waals surface area contributed by atoms with Gasteiger partial charge < -0.3 is 5.11 Å². The van der Waals surface area contributed by atoms with E-state index in [1.807, 2.05) is 24.3 Å². The predicted molar refractivity (Wildman–Crippen MR) is 57.3 cm³/mol. The van der Waals surface area contributed by atoms with E-state index in [1.165, 1.54) is 0 Å². The van der Waals surface area contributed by atoms with Crippen molar-refractivity contribution < 1.29 is 5.11 Å². The summed E-state index contributed by atoms with van der Waals surface area (Å²) in [5.41, 5.74) is 1.85. The molecule has 0 saturated heterocycles. The molecule has 0 radical (unpaired) electrons. The van der Waals surface area contributed by atoms with Gasteiger partial charge >= 0.3 is 0 Å². The normalized spacial score (nSPS) is 10.3. The van der Waals surface area contributed by atoms with Crippen molar-refractivity contribution in [1.82, 2.24) is 4.98 Å². The molecule has 2 rings (SSSR count). The van der Waals surface area contributed by atoms with Gasteiger partial charge in [-0.25, -0.2) is 0 Å². The standard InChI is InChI=1S/C12H11NO/c1-2-4-9-7-11-10(12(14)8-9)5-3-6-13-11/h2-3,5-8,14H,1,4H2. The Morgan fingerprint density at radius 3 is 3.07 bits per heavy atom. The average molecular weight is 185 g/mol. The van der Waals surface area contributed by atoms with Gasteiger partial charge in [-0.15, -0.1) is 6.58 Å². The van der Waals surface area contributed by atoms with Gasteiger partial charge in [0, 0.05) is 11.6 Å². The van der Waals surface area contributed by atoms with Gasteiger partial charge in [-0.3, -0.25) is 4.98 Å². The lowest BCUT2D eigenvalue weighted by atomic mass is 10.1. The van der Waals surface area contributed by atoms with Crippen LogP contribution in [0.15, 0.2) is 43.1 Å². The summed E-state index contributed by atoms with van der Waals surface area (Å²) in [4.78, 5) is 4.19. The highest BCUT2D eigenvalue weighted by molar-refractivity contribution is 5.85. The number of nitrogens with zero attached hydrogens (tertiary/aromatic N) is 1. The van der Waals surface area contributed by atoms with Crippen molar-refractivity contribution in [2.75, 3.05) is 0 Å². The highest BCUT2D eigenvalue weighted by Crippen LogP contribution is 2.24. The first-order valence-electron chi connectivity index (χ1n) is 4.49. The summed E-state index contributed by atoms with van der Waals surface area (Å²) >= 11 is 0. The Labute approximate surface area is 82.5 Å². The third-order valence-corrected chi connectivity index (χ3v) is 2.14. The topological polar surface area (TPSA) is 33.1 Å². The second-order valence-corrected chi connectivity index (χ2v) is 3.18. The van der Waals surface area contributed by atoms with Gasteiger partial charge in [0.25, 0.3) is 0 Å². The number of hydrogen-bond donors (Lipinski definition) is 1. The van der Waals surface area contributed by atoms with E-state index in [1.54, 1.807) is 12.3 Å². The summed E-state index contributed by atoms with van der Waals surface area (Å²) < 4.78 is 0. The summed E-state index contributed by atoms with van der Waals surface area (Å²) in [5.74, 6) is 0.285. The number of allylic oxidation sites excluding steroid dienone is 1. The van der Waals surface area contributed by atoms with Crippen molar-refractivity contribution in [3.63, 3.8) is 0 Å². The van der Waals surface area contributed by atoms with Gasteiger partial charge in [-0.1, -0.05) is 6.08 Å². The monoisotopic (exact) mass is 185 g/mol. The molecule has 0 fully saturated rings. The molecule has 14 heavy (non-hydrogen) atoms. The zero-order valence-electron chi connectivity index (χ0n) is 7.77.